The van der Waals surface area contributed by atoms with Gasteiger partial charge in [0.1, 0.15) is 13.2 Å². The van der Waals surface area contributed by atoms with Crippen molar-refractivity contribution in [3.63, 3.8) is 0 Å². The largest absolute Gasteiger partial charge is 0.486 e. The van der Waals surface area contributed by atoms with Crippen molar-refractivity contribution in [2.24, 2.45) is 0 Å². The van der Waals surface area contributed by atoms with Gasteiger partial charge in [-0.2, -0.15) is 0 Å². The number of hydrogen-bond donors (Lipinski definition) is 1. The van der Waals surface area contributed by atoms with Crippen molar-refractivity contribution in [3.05, 3.63) is 71.0 Å². The van der Waals surface area contributed by atoms with Crippen LogP contribution in [0.3, 0.4) is 0 Å². The van der Waals surface area contributed by atoms with E-state index in [-0.39, 0.29) is 5.91 Å². The lowest BCUT2D eigenvalue weighted by Gasteiger charge is -2.20. The monoisotopic (exact) mass is 362 g/mol. The van der Waals surface area contributed by atoms with E-state index >= 15 is 0 Å². The summed E-state index contributed by atoms with van der Waals surface area (Å²) in [6, 6.07) is 15.5. The van der Waals surface area contributed by atoms with Crippen molar-refractivity contribution >= 4 is 11.6 Å². The summed E-state index contributed by atoms with van der Waals surface area (Å²) in [7, 11) is 0. The first-order valence-corrected chi connectivity index (χ1v) is 9.00. The van der Waals surface area contributed by atoms with Gasteiger partial charge in [0.15, 0.2) is 11.5 Å². The highest BCUT2D eigenvalue weighted by Gasteiger charge is 2.19. The Balaban J connectivity index is 1.65. The maximum absolute atomic E-state index is 12.8. The molecule has 5 heteroatoms. The number of ether oxygens (including phenoxy) is 2. The number of nitrogens with zero attached hydrogens (tertiary/aromatic N) is 1. The smallest absolute Gasteiger partial charge is 0.257 e. The van der Waals surface area contributed by atoms with E-state index in [9.17, 15) is 4.79 Å². The number of nitrogens with one attached hydrogen (secondary N) is 1. The van der Waals surface area contributed by atoms with Crippen LogP contribution < -0.4 is 14.8 Å². The summed E-state index contributed by atoms with van der Waals surface area (Å²) in [6.45, 7) is 7.08. The molecule has 27 heavy (non-hydrogen) atoms. The summed E-state index contributed by atoms with van der Waals surface area (Å²) in [4.78, 5) is 12.8. The van der Waals surface area contributed by atoms with Gasteiger partial charge in [0.25, 0.3) is 5.91 Å². The molecule has 4 rings (SSSR count). The molecule has 0 atom stereocenters. The van der Waals surface area contributed by atoms with Gasteiger partial charge in [-0.25, -0.2) is 0 Å². The van der Waals surface area contributed by atoms with Gasteiger partial charge in [0.2, 0.25) is 0 Å². The van der Waals surface area contributed by atoms with Gasteiger partial charge in [-0.05, 0) is 51.1 Å². The average Bonchev–Trinajstić information content (AvgIpc) is 2.97. The Morgan fingerprint density at radius 2 is 1.63 bits per heavy atom. The number of carbonyl (C=O) groups is 1. The predicted molar refractivity (Wildman–Crippen MR) is 105 cm³/mol. The SMILES string of the molecule is Cc1ccc(NC(=O)c2cc(C)n(-c3ccc4c(c3)OCCO4)c2C)cc1. The Hall–Kier alpha value is -3.21. The molecule has 1 aliphatic rings. The van der Waals surface area contributed by atoms with E-state index in [0.717, 1.165) is 39.8 Å². The number of hydrogen-bond acceptors (Lipinski definition) is 3. The standard InChI is InChI=1S/C22H22N2O3/c1-14-4-6-17(7-5-14)23-22(25)19-12-15(2)24(16(19)3)18-8-9-20-21(13-18)27-11-10-26-20/h4-9,12-13H,10-11H2,1-3H3,(H,23,25). The van der Waals surface area contributed by atoms with E-state index in [4.69, 9.17) is 9.47 Å². The van der Waals surface area contributed by atoms with Crippen LogP contribution in [0.4, 0.5) is 5.69 Å². The molecule has 0 fully saturated rings. The summed E-state index contributed by atoms with van der Waals surface area (Å²) < 4.78 is 13.3. The lowest BCUT2D eigenvalue weighted by atomic mass is 10.2. The van der Waals surface area contributed by atoms with Crippen molar-refractivity contribution in [2.75, 3.05) is 18.5 Å². The van der Waals surface area contributed by atoms with Crippen molar-refractivity contribution in [2.45, 2.75) is 20.8 Å². The quantitative estimate of drug-likeness (QED) is 0.750. The van der Waals surface area contributed by atoms with Gasteiger partial charge in [0.05, 0.1) is 5.56 Å². The highest BCUT2D eigenvalue weighted by molar-refractivity contribution is 6.05. The lowest BCUT2D eigenvalue weighted by molar-refractivity contribution is 0.102. The molecule has 0 saturated carbocycles. The Bertz CT molecular complexity index is 1000. The van der Waals surface area contributed by atoms with Crippen LogP contribution in [-0.2, 0) is 0 Å². The van der Waals surface area contributed by atoms with Crippen LogP contribution >= 0.6 is 0 Å². The molecular weight excluding hydrogens is 340 g/mol. The van der Waals surface area contributed by atoms with Crippen LogP contribution in [0.5, 0.6) is 11.5 Å². The number of aromatic nitrogens is 1. The topological polar surface area (TPSA) is 52.5 Å². The van der Waals surface area contributed by atoms with E-state index < -0.39 is 0 Å². The van der Waals surface area contributed by atoms with Crippen molar-refractivity contribution in [1.82, 2.24) is 4.57 Å². The molecule has 1 aliphatic heterocycles. The Labute approximate surface area is 158 Å². The first-order valence-electron chi connectivity index (χ1n) is 9.00. The molecular formula is C22H22N2O3. The van der Waals surface area contributed by atoms with E-state index in [0.29, 0.717) is 18.8 Å². The fraction of sp³-hybridized carbons (Fsp3) is 0.227. The first-order chi connectivity index (χ1) is 13.0. The van der Waals surface area contributed by atoms with Crippen molar-refractivity contribution < 1.29 is 14.3 Å². The fourth-order valence-corrected chi connectivity index (χ4v) is 3.40. The third-order valence-corrected chi connectivity index (χ3v) is 4.77. The minimum Gasteiger partial charge on any atom is -0.486 e. The van der Waals surface area contributed by atoms with E-state index in [1.165, 1.54) is 0 Å². The minimum atomic E-state index is -0.115. The number of amides is 1. The first kappa shape index (κ1) is 17.2. The van der Waals surface area contributed by atoms with Gasteiger partial charge in [-0.1, -0.05) is 17.7 Å². The van der Waals surface area contributed by atoms with Crippen molar-refractivity contribution in [1.29, 1.82) is 0 Å². The molecule has 0 bridgehead atoms. The zero-order chi connectivity index (χ0) is 19.0. The van der Waals surface area contributed by atoms with E-state index in [1.807, 2.05) is 69.3 Å². The maximum atomic E-state index is 12.8. The second-order valence-corrected chi connectivity index (χ2v) is 6.77. The molecule has 0 saturated heterocycles. The molecule has 1 amide bonds. The van der Waals surface area contributed by atoms with Crippen molar-refractivity contribution in [3.8, 4) is 17.2 Å². The van der Waals surface area contributed by atoms with E-state index in [2.05, 4.69) is 9.88 Å². The van der Waals surface area contributed by atoms with Gasteiger partial charge < -0.3 is 19.4 Å². The summed E-state index contributed by atoms with van der Waals surface area (Å²) in [5.74, 6) is 1.37. The number of carbonyl (C=O) groups excluding carboxylic acids is 1. The molecule has 5 nitrogen and oxygen atoms in total. The van der Waals surface area contributed by atoms with Gasteiger partial charge in [-0.15, -0.1) is 0 Å². The van der Waals surface area contributed by atoms with Crippen LogP contribution in [0.25, 0.3) is 5.69 Å². The molecule has 0 radical (unpaired) electrons. The third kappa shape index (κ3) is 3.28. The number of rotatable bonds is 3. The third-order valence-electron chi connectivity index (χ3n) is 4.77. The predicted octanol–water partition coefficient (Wildman–Crippen LogP) is 4.43. The van der Waals surface area contributed by atoms with E-state index in [1.54, 1.807) is 0 Å². The molecule has 2 heterocycles. The Morgan fingerprint density at radius 1 is 0.926 bits per heavy atom. The molecule has 0 aliphatic carbocycles. The van der Waals surface area contributed by atoms with Crippen LogP contribution in [0.2, 0.25) is 0 Å². The molecule has 0 unspecified atom stereocenters. The van der Waals surface area contributed by atoms with Gasteiger partial charge >= 0.3 is 0 Å². The normalized spacial score (nSPS) is 12.7. The average molecular weight is 362 g/mol. The van der Waals surface area contributed by atoms with Crippen LogP contribution in [-0.4, -0.2) is 23.7 Å². The van der Waals surface area contributed by atoms with Crippen LogP contribution in [0.1, 0.15) is 27.3 Å². The zero-order valence-electron chi connectivity index (χ0n) is 15.7. The zero-order valence-corrected chi connectivity index (χ0v) is 15.7. The number of aryl methyl sites for hydroxylation is 2. The maximum Gasteiger partial charge on any atom is 0.257 e. The number of anilines is 1. The second-order valence-electron chi connectivity index (χ2n) is 6.77. The molecule has 1 N–H and O–H groups in total. The summed E-state index contributed by atoms with van der Waals surface area (Å²) >= 11 is 0. The van der Waals surface area contributed by atoms with Crippen LogP contribution in [0.15, 0.2) is 48.5 Å². The summed E-state index contributed by atoms with van der Waals surface area (Å²) in [5.41, 5.74) is 5.41. The highest BCUT2D eigenvalue weighted by atomic mass is 16.6. The second kappa shape index (κ2) is 6.83. The summed E-state index contributed by atoms with van der Waals surface area (Å²) in [6.07, 6.45) is 0. The molecule has 1 aromatic heterocycles. The lowest BCUT2D eigenvalue weighted by Crippen LogP contribution is -2.16. The Morgan fingerprint density at radius 3 is 2.37 bits per heavy atom. The minimum absolute atomic E-state index is 0.115. The molecule has 3 aromatic rings. The Kier molecular flexibility index (Phi) is 4.36. The molecule has 2 aromatic carbocycles. The molecule has 0 spiro atoms. The van der Waals surface area contributed by atoms with Gasteiger partial charge in [0, 0.05) is 28.8 Å². The fourth-order valence-electron chi connectivity index (χ4n) is 3.40. The highest BCUT2D eigenvalue weighted by Crippen LogP contribution is 2.33. The molecule has 138 valence electrons. The number of benzene rings is 2. The van der Waals surface area contributed by atoms with Gasteiger partial charge in [-0.3, -0.25) is 4.79 Å². The van der Waals surface area contributed by atoms with Crippen LogP contribution in [0, 0.1) is 20.8 Å². The number of fused-ring (bicyclic) bond motifs is 1. The summed E-state index contributed by atoms with van der Waals surface area (Å²) in [5, 5.41) is 2.97.